The molecule has 1 N–H and O–H groups in total. The van der Waals surface area contributed by atoms with Gasteiger partial charge in [0.15, 0.2) is 0 Å². The van der Waals surface area contributed by atoms with Crippen LogP contribution in [-0.2, 0) is 0 Å². The van der Waals surface area contributed by atoms with Crippen LogP contribution in [0.1, 0.15) is 36.6 Å². The van der Waals surface area contributed by atoms with E-state index in [-0.39, 0.29) is 0 Å². The van der Waals surface area contributed by atoms with Gasteiger partial charge >= 0.3 is 0 Å². The van der Waals surface area contributed by atoms with Gasteiger partial charge in [-0.05, 0) is 62.8 Å². The second kappa shape index (κ2) is 6.57. The number of anilines is 3. The molecule has 0 saturated carbocycles. The van der Waals surface area contributed by atoms with Crippen LogP contribution in [0.3, 0.4) is 0 Å². The van der Waals surface area contributed by atoms with Gasteiger partial charge in [-0.2, -0.15) is 4.98 Å². The molecule has 0 atom stereocenters. The smallest absolute Gasteiger partial charge is 0.227 e. The van der Waals surface area contributed by atoms with Gasteiger partial charge in [-0.1, -0.05) is 13.0 Å². The molecule has 1 aromatic carbocycles. The monoisotopic (exact) mass is 310 g/mol. The Morgan fingerprint density at radius 1 is 1.00 bits per heavy atom. The molecule has 2 aromatic rings. The fourth-order valence-corrected chi connectivity index (χ4v) is 2.93. The Morgan fingerprint density at radius 3 is 2.43 bits per heavy atom. The molecular weight excluding hydrogens is 284 g/mol. The Balaban J connectivity index is 1.81. The molecule has 122 valence electrons. The predicted molar refractivity (Wildman–Crippen MR) is 96.6 cm³/mol. The van der Waals surface area contributed by atoms with E-state index in [1.54, 1.807) is 0 Å². The lowest BCUT2D eigenvalue weighted by Gasteiger charge is -2.30. The van der Waals surface area contributed by atoms with E-state index in [4.69, 9.17) is 4.98 Å². The number of benzene rings is 1. The summed E-state index contributed by atoms with van der Waals surface area (Å²) in [5.74, 6) is 2.53. The second-order valence-corrected chi connectivity index (χ2v) is 6.79. The summed E-state index contributed by atoms with van der Waals surface area (Å²) in [5, 5.41) is 3.42. The first-order valence-corrected chi connectivity index (χ1v) is 8.46. The molecule has 1 fully saturated rings. The zero-order valence-electron chi connectivity index (χ0n) is 14.6. The van der Waals surface area contributed by atoms with Crippen LogP contribution in [0.15, 0.2) is 24.3 Å². The number of aromatic nitrogens is 2. The summed E-state index contributed by atoms with van der Waals surface area (Å²) in [5.41, 5.74) is 4.66. The topological polar surface area (TPSA) is 41.1 Å². The van der Waals surface area contributed by atoms with Crippen LogP contribution >= 0.6 is 0 Å². The van der Waals surface area contributed by atoms with E-state index in [0.717, 1.165) is 42.2 Å². The van der Waals surface area contributed by atoms with Gasteiger partial charge in [0.1, 0.15) is 5.82 Å². The summed E-state index contributed by atoms with van der Waals surface area (Å²) in [6, 6.07) is 8.40. The largest absolute Gasteiger partial charge is 0.341 e. The normalized spacial score (nSPS) is 15.7. The highest BCUT2D eigenvalue weighted by molar-refractivity contribution is 5.59. The highest BCUT2D eigenvalue weighted by Crippen LogP contribution is 2.23. The van der Waals surface area contributed by atoms with Crippen LogP contribution in [0.5, 0.6) is 0 Å². The maximum atomic E-state index is 4.73. The molecular formula is C19H26N4. The van der Waals surface area contributed by atoms with Crippen molar-refractivity contribution in [1.29, 1.82) is 0 Å². The molecule has 3 rings (SSSR count). The molecule has 1 saturated heterocycles. The minimum Gasteiger partial charge on any atom is -0.341 e. The average Bonchev–Trinajstić information content (AvgIpc) is 2.51. The van der Waals surface area contributed by atoms with E-state index in [2.05, 4.69) is 54.2 Å². The molecule has 23 heavy (non-hydrogen) atoms. The molecule has 0 radical (unpaired) electrons. The van der Waals surface area contributed by atoms with Gasteiger partial charge in [0.25, 0.3) is 0 Å². The Hall–Kier alpha value is -2.10. The van der Waals surface area contributed by atoms with Crippen LogP contribution in [0.25, 0.3) is 0 Å². The van der Waals surface area contributed by atoms with Crippen LogP contribution < -0.4 is 10.2 Å². The first-order valence-electron chi connectivity index (χ1n) is 8.46. The number of hydrogen-bond donors (Lipinski definition) is 1. The highest BCUT2D eigenvalue weighted by atomic mass is 15.3. The van der Waals surface area contributed by atoms with E-state index in [9.17, 15) is 0 Å². The Labute approximate surface area is 139 Å². The van der Waals surface area contributed by atoms with Crippen molar-refractivity contribution in [3.8, 4) is 0 Å². The minimum absolute atomic E-state index is 0.809. The molecule has 2 heterocycles. The van der Waals surface area contributed by atoms with Crippen molar-refractivity contribution in [3.63, 3.8) is 0 Å². The van der Waals surface area contributed by atoms with Gasteiger partial charge in [-0.15, -0.1) is 0 Å². The molecule has 0 aliphatic carbocycles. The summed E-state index contributed by atoms with van der Waals surface area (Å²) in [4.78, 5) is 11.7. The molecule has 4 nitrogen and oxygen atoms in total. The lowest BCUT2D eigenvalue weighted by Crippen LogP contribution is -2.34. The maximum absolute atomic E-state index is 4.73. The standard InChI is InChI=1S/C19H26N4/c1-13-7-9-23(10-8-13)19-20-16(4)12-18(22-19)21-17-6-5-14(2)15(3)11-17/h5-6,11-13H,7-10H2,1-4H3,(H,20,21,22). The van der Waals surface area contributed by atoms with Crippen molar-refractivity contribution in [2.45, 2.75) is 40.5 Å². The zero-order chi connectivity index (χ0) is 16.4. The Kier molecular flexibility index (Phi) is 4.51. The third-order valence-electron chi connectivity index (χ3n) is 4.69. The van der Waals surface area contributed by atoms with E-state index in [1.165, 1.54) is 24.0 Å². The first kappa shape index (κ1) is 15.8. The van der Waals surface area contributed by atoms with Crippen LogP contribution in [-0.4, -0.2) is 23.1 Å². The number of rotatable bonds is 3. The molecule has 0 spiro atoms. The van der Waals surface area contributed by atoms with Crippen molar-refractivity contribution in [1.82, 2.24) is 9.97 Å². The quantitative estimate of drug-likeness (QED) is 0.913. The number of nitrogens with one attached hydrogen (secondary N) is 1. The fourth-order valence-electron chi connectivity index (χ4n) is 2.93. The summed E-state index contributed by atoms with van der Waals surface area (Å²) in [6.07, 6.45) is 2.44. The van der Waals surface area contributed by atoms with Crippen LogP contribution in [0.2, 0.25) is 0 Å². The van der Waals surface area contributed by atoms with Gasteiger partial charge in [0, 0.05) is 30.5 Å². The predicted octanol–water partition coefficient (Wildman–Crippen LogP) is 4.38. The van der Waals surface area contributed by atoms with Crippen molar-refractivity contribution < 1.29 is 0 Å². The van der Waals surface area contributed by atoms with E-state index < -0.39 is 0 Å². The third kappa shape index (κ3) is 3.81. The van der Waals surface area contributed by atoms with Crippen molar-refractivity contribution in [3.05, 3.63) is 41.1 Å². The van der Waals surface area contributed by atoms with Crippen molar-refractivity contribution in [2.24, 2.45) is 5.92 Å². The Morgan fingerprint density at radius 2 is 1.74 bits per heavy atom. The lowest BCUT2D eigenvalue weighted by atomic mass is 10.00. The zero-order valence-corrected chi connectivity index (χ0v) is 14.6. The van der Waals surface area contributed by atoms with Crippen molar-refractivity contribution >= 4 is 17.5 Å². The second-order valence-electron chi connectivity index (χ2n) is 6.79. The Bertz CT molecular complexity index is 688. The summed E-state index contributed by atoms with van der Waals surface area (Å²) in [7, 11) is 0. The summed E-state index contributed by atoms with van der Waals surface area (Å²) in [6.45, 7) is 10.7. The van der Waals surface area contributed by atoms with Crippen LogP contribution in [0, 0.1) is 26.7 Å². The van der Waals surface area contributed by atoms with E-state index in [0.29, 0.717) is 0 Å². The number of hydrogen-bond acceptors (Lipinski definition) is 4. The number of piperidine rings is 1. The fraction of sp³-hybridized carbons (Fsp3) is 0.474. The maximum Gasteiger partial charge on any atom is 0.227 e. The number of nitrogens with zero attached hydrogens (tertiary/aromatic N) is 3. The molecule has 1 aromatic heterocycles. The molecule has 1 aliphatic heterocycles. The summed E-state index contributed by atoms with van der Waals surface area (Å²) < 4.78 is 0. The van der Waals surface area contributed by atoms with E-state index >= 15 is 0 Å². The molecule has 4 heteroatoms. The van der Waals surface area contributed by atoms with Gasteiger partial charge < -0.3 is 10.2 Å². The third-order valence-corrected chi connectivity index (χ3v) is 4.69. The average molecular weight is 310 g/mol. The molecule has 0 amide bonds. The molecule has 1 aliphatic rings. The molecule has 0 unspecified atom stereocenters. The van der Waals surface area contributed by atoms with Crippen molar-refractivity contribution in [2.75, 3.05) is 23.3 Å². The summed E-state index contributed by atoms with van der Waals surface area (Å²) >= 11 is 0. The van der Waals surface area contributed by atoms with Crippen LogP contribution in [0.4, 0.5) is 17.5 Å². The minimum atomic E-state index is 0.809. The molecule has 0 bridgehead atoms. The lowest BCUT2D eigenvalue weighted by molar-refractivity contribution is 0.434. The van der Waals surface area contributed by atoms with Gasteiger partial charge in [-0.3, -0.25) is 0 Å². The number of aryl methyl sites for hydroxylation is 3. The highest BCUT2D eigenvalue weighted by Gasteiger charge is 2.18. The SMILES string of the molecule is Cc1cc(Nc2ccc(C)c(C)c2)nc(N2CCC(C)CC2)n1. The van der Waals surface area contributed by atoms with Gasteiger partial charge in [-0.25, -0.2) is 4.98 Å². The van der Waals surface area contributed by atoms with Gasteiger partial charge in [0.2, 0.25) is 5.95 Å². The van der Waals surface area contributed by atoms with E-state index in [1.807, 2.05) is 13.0 Å². The van der Waals surface area contributed by atoms with Gasteiger partial charge in [0.05, 0.1) is 0 Å². The first-order chi connectivity index (χ1) is 11.0.